The van der Waals surface area contributed by atoms with Crippen LogP contribution in [0.5, 0.6) is 0 Å². The lowest BCUT2D eigenvalue weighted by molar-refractivity contribution is 0.879. The van der Waals surface area contributed by atoms with Gasteiger partial charge in [0.15, 0.2) is 0 Å². The fourth-order valence-electron chi connectivity index (χ4n) is 1.55. The van der Waals surface area contributed by atoms with Gasteiger partial charge in [-0.15, -0.1) is 23.2 Å². The topological polar surface area (TPSA) is 0 Å². The van der Waals surface area contributed by atoms with Crippen LogP contribution in [0.1, 0.15) is 52.4 Å². The monoisotopic (exact) mass is 262 g/mol. The maximum Gasteiger partial charge on any atom is 0.0226 e. The van der Waals surface area contributed by atoms with Crippen molar-refractivity contribution in [2.24, 2.45) is 0 Å². The first-order chi connectivity index (χ1) is 7.70. The van der Waals surface area contributed by atoms with Gasteiger partial charge in [0.25, 0.3) is 0 Å². The highest BCUT2D eigenvalue weighted by atomic mass is 35.5. The van der Waals surface area contributed by atoms with Crippen molar-refractivity contribution >= 4 is 23.2 Å². The number of rotatable bonds is 9. The third-order valence-corrected chi connectivity index (χ3v) is 3.10. The molecule has 0 heterocycles. The third-order valence-electron chi connectivity index (χ3n) is 2.56. The Morgan fingerprint density at radius 3 is 1.50 bits per heavy atom. The van der Waals surface area contributed by atoms with Gasteiger partial charge in [-0.2, -0.15) is 0 Å². The molecule has 0 rings (SSSR count). The summed E-state index contributed by atoms with van der Waals surface area (Å²) in [4.78, 5) is 0. The van der Waals surface area contributed by atoms with Crippen LogP contribution < -0.4 is 0 Å². The fraction of sp³-hybridized carbons (Fsp3) is 0.714. The van der Waals surface area contributed by atoms with Crippen LogP contribution in [0, 0.1) is 0 Å². The molecule has 0 aliphatic heterocycles. The molecule has 0 saturated carbocycles. The zero-order chi connectivity index (χ0) is 12.2. The van der Waals surface area contributed by atoms with Crippen LogP contribution in [-0.2, 0) is 0 Å². The highest BCUT2D eigenvalue weighted by Crippen LogP contribution is 2.10. The lowest BCUT2D eigenvalue weighted by Gasteiger charge is -2.00. The minimum absolute atomic E-state index is 0.766. The van der Waals surface area contributed by atoms with E-state index >= 15 is 0 Å². The van der Waals surface area contributed by atoms with Crippen molar-refractivity contribution in [1.29, 1.82) is 0 Å². The zero-order valence-electron chi connectivity index (χ0n) is 10.6. The summed E-state index contributed by atoms with van der Waals surface area (Å²) in [6, 6.07) is 0. The standard InChI is InChI=1S/C14H24Cl2/c1-13(9-5-11-15)7-3-4-8-14(2)10-6-12-16/h7-8H,3-6,9-12H2,1-2H3. The van der Waals surface area contributed by atoms with E-state index in [1.807, 2.05) is 0 Å². The first-order valence-corrected chi connectivity index (χ1v) is 7.20. The molecule has 0 aromatic rings. The van der Waals surface area contributed by atoms with E-state index in [1.165, 1.54) is 11.1 Å². The maximum absolute atomic E-state index is 5.65. The predicted molar refractivity (Wildman–Crippen MR) is 76.7 cm³/mol. The Balaban J connectivity index is 3.63. The lowest BCUT2D eigenvalue weighted by atomic mass is 10.1. The van der Waals surface area contributed by atoms with Crippen molar-refractivity contribution in [2.75, 3.05) is 11.8 Å². The molecule has 0 saturated heterocycles. The molecular formula is C14H24Cl2. The van der Waals surface area contributed by atoms with Gasteiger partial charge in [-0.05, 0) is 52.4 Å². The van der Waals surface area contributed by atoms with Crippen LogP contribution in [0.4, 0.5) is 0 Å². The Hall–Kier alpha value is 0.0600. The molecule has 0 amide bonds. The molecule has 0 nitrogen and oxygen atoms in total. The van der Waals surface area contributed by atoms with Gasteiger partial charge in [0, 0.05) is 11.8 Å². The Morgan fingerprint density at radius 2 is 1.19 bits per heavy atom. The van der Waals surface area contributed by atoms with Gasteiger partial charge < -0.3 is 0 Å². The van der Waals surface area contributed by atoms with Gasteiger partial charge in [0.2, 0.25) is 0 Å². The molecule has 94 valence electrons. The summed E-state index contributed by atoms with van der Waals surface area (Å²) in [5.41, 5.74) is 2.93. The Labute approximate surface area is 111 Å². The molecule has 2 heteroatoms. The summed E-state index contributed by atoms with van der Waals surface area (Å²) in [5.74, 6) is 1.53. The molecule has 0 radical (unpaired) electrons. The van der Waals surface area contributed by atoms with Crippen molar-refractivity contribution in [2.45, 2.75) is 52.4 Å². The van der Waals surface area contributed by atoms with Gasteiger partial charge in [0.05, 0.1) is 0 Å². The molecule has 0 spiro atoms. The van der Waals surface area contributed by atoms with Crippen LogP contribution in [0.2, 0.25) is 0 Å². The van der Waals surface area contributed by atoms with Gasteiger partial charge >= 0.3 is 0 Å². The summed E-state index contributed by atoms with van der Waals surface area (Å²) >= 11 is 11.3. The first-order valence-electron chi connectivity index (χ1n) is 6.14. The van der Waals surface area contributed by atoms with E-state index < -0.39 is 0 Å². The molecule has 0 unspecified atom stereocenters. The fourth-order valence-corrected chi connectivity index (χ4v) is 1.82. The second-order valence-electron chi connectivity index (χ2n) is 4.26. The van der Waals surface area contributed by atoms with Crippen LogP contribution in [0.15, 0.2) is 23.3 Å². The normalized spacial score (nSPS) is 13.2. The number of hydrogen-bond acceptors (Lipinski definition) is 0. The molecule has 16 heavy (non-hydrogen) atoms. The summed E-state index contributed by atoms with van der Waals surface area (Å²) in [5, 5.41) is 0. The summed E-state index contributed by atoms with van der Waals surface area (Å²) in [7, 11) is 0. The number of halogens is 2. The molecule has 0 N–H and O–H groups in total. The molecule has 0 bridgehead atoms. The minimum Gasteiger partial charge on any atom is -0.127 e. The Kier molecular flexibility index (Phi) is 11.6. The van der Waals surface area contributed by atoms with Crippen LogP contribution in [0.25, 0.3) is 0 Å². The van der Waals surface area contributed by atoms with Crippen molar-refractivity contribution in [3.8, 4) is 0 Å². The lowest BCUT2D eigenvalue weighted by Crippen LogP contribution is -1.82. The average molecular weight is 263 g/mol. The van der Waals surface area contributed by atoms with E-state index in [-0.39, 0.29) is 0 Å². The quantitative estimate of drug-likeness (QED) is 0.284. The van der Waals surface area contributed by atoms with Crippen LogP contribution in [-0.4, -0.2) is 11.8 Å². The van der Waals surface area contributed by atoms with Crippen molar-refractivity contribution < 1.29 is 0 Å². The van der Waals surface area contributed by atoms with E-state index in [0.29, 0.717) is 0 Å². The van der Waals surface area contributed by atoms with Crippen molar-refractivity contribution in [3.05, 3.63) is 23.3 Å². The largest absolute Gasteiger partial charge is 0.127 e. The molecular weight excluding hydrogens is 239 g/mol. The van der Waals surface area contributed by atoms with E-state index in [4.69, 9.17) is 23.2 Å². The van der Waals surface area contributed by atoms with Gasteiger partial charge in [0.1, 0.15) is 0 Å². The minimum atomic E-state index is 0.766. The van der Waals surface area contributed by atoms with Crippen LogP contribution in [0.3, 0.4) is 0 Å². The van der Waals surface area contributed by atoms with Crippen molar-refractivity contribution in [3.63, 3.8) is 0 Å². The maximum atomic E-state index is 5.65. The number of unbranched alkanes of at least 4 members (excludes halogenated alkanes) is 1. The Morgan fingerprint density at radius 1 is 0.812 bits per heavy atom. The predicted octanol–water partition coefficient (Wildman–Crippen LogP) is 5.70. The number of allylic oxidation sites excluding steroid dienone is 4. The van der Waals surface area contributed by atoms with Gasteiger partial charge in [-0.25, -0.2) is 0 Å². The number of alkyl halides is 2. The smallest absolute Gasteiger partial charge is 0.0226 e. The van der Waals surface area contributed by atoms with E-state index in [9.17, 15) is 0 Å². The second kappa shape index (κ2) is 11.5. The summed E-state index contributed by atoms with van der Waals surface area (Å²) < 4.78 is 0. The third kappa shape index (κ3) is 10.6. The Bertz CT molecular complexity index is 193. The molecule has 0 fully saturated rings. The van der Waals surface area contributed by atoms with Gasteiger partial charge in [-0.3, -0.25) is 0 Å². The number of hydrogen-bond donors (Lipinski definition) is 0. The molecule has 0 aliphatic rings. The van der Waals surface area contributed by atoms with Crippen molar-refractivity contribution in [1.82, 2.24) is 0 Å². The highest BCUT2D eigenvalue weighted by molar-refractivity contribution is 6.18. The summed E-state index contributed by atoms with van der Waals surface area (Å²) in [6.07, 6.45) is 11.4. The molecule has 0 aromatic heterocycles. The van der Waals surface area contributed by atoms with E-state index in [0.717, 1.165) is 50.3 Å². The van der Waals surface area contributed by atoms with Gasteiger partial charge in [-0.1, -0.05) is 23.3 Å². The summed E-state index contributed by atoms with van der Waals surface area (Å²) in [6.45, 7) is 4.38. The molecule has 0 atom stereocenters. The first kappa shape index (κ1) is 16.1. The molecule has 0 aromatic carbocycles. The van der Waals surface area contributed by atoms with E-state index in [2.05, 4.69) is 26.0 Å². The highest BCUT2D eigenvalue weighted by Gasteiger charge is 1.91. The zero-order valence-corrected chi connectivity index (χ0v) is 12.1. The average Bonchev–Trinajstić information content (AvgIpc) is 2.29. The molecule has 0 aliphatic carbocycles. The second-order valence-corrected chi connectivity index (χ2v) is 5.02. The SMILES string of the molecule is CC(=CCCC=C(C)CCCCl)CCCCl. The van der Waals surface area contributed by atoms with Crippen LogP contribution >= 0.6 is 23.2 Å². The van der Waals surface area contributed by atoms with E-state index in [1.54, 1.807) is 0 Å².